The van der Waals surface area contributed by atoms with Gasteiger partial charge in [0.1, 0.15) is 5.76 Å². The zero-order chi connectivity index (χ0) is 19.1. The summed E-state index contributed by atoms with van der Waals surface area (Å²) in [4.78, 5) is 17.3. The fourth-order valence-electron chi connectivity index (χ4n) is 3.31. The van der Waals surface area contributed by atoms with E-state index in [0.717, 1.165) is 34.2 Å². The fraction of sp³-hybridized carbons (Fsp3) is 0. The van der Waals surface area contributed by atoms with Crippen LogP contribution in [0.4, 0.5) is 0 Å². The van der Waals surface area contributed by atoms with Crippen LogP contribution in [0.5, 0.6) is 0 Å². The van der Waals surface area contributed by atoms with Crippen molar-refractivity contribution in [3.8, 4) is 0 Å². The summed E-state index contributed by atoms with van der Waals surface area (Å²) >= 11 is 0. The molecule has 0 spiro atoms. The van der Waals surface area contributed by atoms with Crippen molar-refractivity contribution in [2.45, 2.75) is 0 Å². The molecule has 0 aromatic carbocycles. The van der Waals surface area contributed by atoms with Gasteiger partial charge in [-0.15, -0.1) is 0 Å². The first-order chi connectivity index (χ1) is 13.7. The van der Waals surface area contributed by atoms with Crippen molar-refractivity contribution in [1.82, 2.24) is 4.98 Å². The van der Waals surface area contributed by atoms with E-state index in [9.17, 15) is 5.11 Å². The summed E-state index contributed by atoms with van der Waals surface area (Å²) in [7, 11) is 0. The van der Waals surface area contributed by atoms with Crippen LogP contribution in [0.1, 0.15) is 11.4 Å². The molecule has 8 bridgehead atoms. The van der Waals surface area contributed by atoms with Crippen LogP contribution in [0.3, 0.4) is 0 Å². The summed E-state index contributed by atoms with van der Waals surface area (Å²) in [5, 5.41) is 10.4. The molecule has 0 aliphatic carbocycles. The third-order valence-electron chi connectivity index (χ3n) is 4.60. The number of aromatic amines is 1. The molecule has 0 saturated heterocycles. The SMILES string of the molecule is C=CC(O)=C1C2=NC(=CC3=NC(=Cc4ccc([nH]4)C=C4C=CC1=N4)C=C3)C=C2. The number of aliphatic hydroxyl groups excluding tert-OH is 1. The van der Waals surface area contributed by atoms with Gasteiger partial charge in [0, 0.05) is 11.4 Å². The fourth-order valence-corrected chi connectivity index (χ4v) is 3.31. The minimum Gasteiger partial charge on any atom is -0.507 e. The van der Waals surface area contributed by atoms with E-state index >= 15 is 0 Å². The number of nitrogens with one attached hydrogen (secondary N) is 1. The Morgan fingerprint density at radius 3 is 2.00 bits per heavy atom. The smallest absolute Gasteiger partial charge is 0.126 e. The maximum atomic E-state index is 10.4. The summed E-state index contributed by atoms with van der Waals surface area (Å²) in [6.07, 6.45) is 18.7. The number of aliphatic imine (C=N–C) groups is 3. The van der Waals surface area contributed by atoms with Gasteiger partial charge in [-0.25, -0.2) is 15.0 Å². The van der Waals surface area contributed by atoms with E-state index in [4.69, 9.17) is 0 Å². The molecular weight excluding hydrogens is 348 g/mol. The van der Waals surface area contributed by atoms with Crippen LogP contribution >= 0.6 is 0 Å². The van der Waals surface area contributed by atoms with E-state index in [1.54, 1.807) is 0 Å². The van der Waals surface area contributed by atoms with Crippen molar-refractivity contribution < 1.29 is 5.11 Å². The highest BCUT2D eigenvalue weighted by molar-refractivity contribution is 6.33. The predicted molar refractivity (Wildman–Crippen MR) is 114 cm³/mol. The molecule has 28 heavy (non-hydrogen) atoms. The van der Waals surface area contributed by atoms with Crippen LogP contribution < -0.4 is 0 Å². The van der Waals surface area contributed by atoms with Gasteiger partial charge < -0.3 is 10.1 Å². The third-order valence-corrected chi connectivity index (χ3v) is 4.60. The normalized spacial score (nSPS) is 21.0. The lowest BCUT2D eigenvalue weighted by molar-refractivity contribution is 0.431. The first-order valence-electron chi connectivity index (χ1n) is 8.89. The second-order valence-electron chi connectivity index (χ2n) is 6.57. The molecule has 5 rings (SSSR count). The zero-order valence-corrected chi connectivity index (χ0v) is 14.9. The Morgan fingerprint density at radius 2 is 1.36 bits per heavy atom. The van der Waals surface area contributed by atoms with E-state index < -0.39 is 0 Å². The molecule has 1 aromatic rings. The second-order valence-corrected chi connectivity index (χ2v) is 6.57. The Labute approximate surface area is 162 Å². The number of hydrogen-bond acceptors (Lipinski definition) is 4. The Hall–Kier alpha value is -3.99. The molecular formula is C23H16N4O. The molecule has 0 atom stereocenters. The molecule has 5 heterocycles. The van der Waals surface area contributed by atoms with Crippen molar-refractivity contribution in [3.05, 3.63) is 107 Å². The minimum atomic E-state index is 0.0425. The number of H-pyrrole nitrogens is 1. The number of rotatable bonds is 1. The van der Waals surface area contributed by atoms with Crippen LogP contribution in [-0.4, -0.2) is 27.2 Å². The van der Waals surface area contributed by atoms with Gasteiger partial charge in [-0.05, 0) is 72.9 Å². The third kappa shape index (κ3) is 2.89. The Bertz CT molecular complexity index is 1220. The van der Waals surface area contributed by atoms with Crippen LogP contribution in [0.15, 0.2) is 111 Å². The molecule has 0 fully saturated rings. The summed E-state index contributed by atoms with van der Waals surface area (Å²) in [6.45, 7) is 3.69. The molecule has 4 aliphatic heterocycles. The lowest BCUT2D eigenvalue weighted by Gasteiger charge is -2.06. The highest BCUT2D eigenvalue weighted by atomic mass is 16.3. The van der Waals surface area contributed by atoms with E-state index in [1.807, 2.05) is 66.8 Å². The summed E-state index contributed by atoms with van der Waals surface area (Å²) in [6, 6.07) is 4.00. The molecule has 0 saturated carbocycles. The standard InChI is InChI=1S/C23H16N4O/c1-2-22(28)23-20-9-7-18(26-20)12-16-5-3-14(24-16)11-15-4-6-17(25-15)13-19-8-10-21(23)27-19/h2-13,24,28H,1H2. The van der Waals surface area contributed by atoms with Gasteiger partial charge in [-0.2, -0.15) is 0 Å². The average molecular weight is 364 g/mol. The van der Waals surface area contributed by atoms with Crippen LogP contribution in [-0.2, 0) is 0 Å². The lowest BCUT2D eigenvalue weighted by atomic mass is 10.0. The number of aliphatic hydroxyl groups is 1. The summed E-state index contributed by atoms with van der Waals surface area (Å²) < 4.78 is 0. The lowest BCUT2D eigenvalue weighted by Crippen LogP contribution is -2.10. The van der Waals surface area contributed by atoms with Crippen molar-refractivity contribution >= 4 is 29.3 Å². The largest absolute Gasteiger partial charge is 0.507 e. The van der Waals surface area contributed by atoms with Gasteiger partial charge in [-0.1, -0.05) is 6.58 Å². The van der Waals surface area contributed by atoms with Gasteiger partial charge in [0.2, 0.25) is 0 Å². The Kier molecular flexibility index (Phi) is 3.66. The molecule has 0 unspecified atom stereocenters. The number of hydrogen-bond donors (Lipinski definition) is 2. The molecule has 134 valence electrons. The highest BCUT2D eigenvalue weighted by Crippen LogP contribution is 2.25. The summed E-state index contributed by atoms with van der Waals surface area (Å²) in [5.74, 6) is 0.0425. The minimum absolute atomic E-state index is 0.0425. The molecule has 0 radical (unpaired) electrons. The van der Waals surface area contributed by atoms with Crippen molar-refractivity contribution in [2.24, 2.45) is 15.0 Å². The number of aromatic nitrogens is 1. The zero-order valence-electron chi connectivity index (χ0n) is 14.9. The maximum Gasteiger partial charge on any atom is 0.126 e. The van der Waals surface area contributed by atoms with Gasteiger partial charge in [0.15, 0.2) is 0 Å². The number of fused-ring (bicyclic) bond motifs is 5. The molecule has 4 aliphatic rings. The van der Waals surface area contributed by atoms with Crippen molar-refractivity contribution in [3.63, 3.8) is 0 Å². The van der Waals surface area contributed by atoms with E-state index in [-0.39, 0.29) is 5.76 Å². The van der Waals surface area contributed by atoms with Gasteiger partial charge >= 0.3 is 0 Å². The first-order valence-corrected chi connectivity index (χ1v) is 8.89. The second kappa shape index (κ2) is 6.32. The molecule has 5 heteroatoms. The van der Waals surface area contributed by atoms with E-state index in [2.05, 4.69) is 26.5 Å². The topological polar surface area (TPSA) is 73.1 Å². The molecule has 5 nitrogen and oxygen atoms in total. The van der Waals surface area contributed by atoms with Crippen LogP contribution in [0.2, 0.25) is 0 Å². The van der Waals surface area contributed by atoms with Gasteiger partial charge in [0.25, 0.3) is 0 Å². The van der Waals surface area contributed by atoms with Crippen molar-refractivity contribution in [2.75, 3.05) is 0 Å². The van der Waals surface area contributed by atoms with Gasteiger partial charge in [0.05, 0.1) is 39.8 Å². The van der Waals surface area contributed by atoms with Crippen LogP contribution in [0, 0.1) is 0 Å². The van der Waals surface area contributed by atoms with Crippen molar-refractivity contribution in [1.29, 1.82) is 0 Å². The predicted octanol–water partition coefficient (Wildman–Crippen LogP) is 4.62. The highest BCUT2D eigenvalue weighted by Gasteiger charge is 2.21. The molecule has 0 amide bonds. The van der Waals surface area contributed by atoms with E-state index in [1.165, 1.54) is 6.08 Å². The van der Waals surface area contributed by atoms with Crippen LogP contribution in [0.25, 0.3) is 12.2 Å². The Morgan fingerprint density at radius 1 is 0.786 bits per heavy atom. The number of allylic oxidation sites excluding steroid dienone is 9. The number of nitrogens with zero attached hydrogens (tertiary/aromatic N) is 3. The summed E-state index contributed by atoms with van der Waals surface area (Å²) in [5.41, 5.74) is 7.00. The quantitative estimate of drug-likeness (QED) is 0.701. The maximum absolute atomic E-state index is 10.4. The molecule has 2 N–H and O–H groups in total. The average Bonchev–Trinajstić information content (AvgIpc) is 3.46. The Balaban J connectivity index is 1.71. The van der Waals surface area contributed by atoms with E-state index in [0.29, 0.717) is 17.0 Å². The first kappa shape index (κ1) is 16.2. The monoisotopic (exact) mass is 364 g/mol. The molecule has 1 aromatic heterocycles. The van der Waals surface area contributed by atoms with Gasteiger partial charge in [-0.3, -0.25) is 0 Å².